The molecule has 0 radical (unpaired) electrons. The molecule has 18 heavy (non-hydrogen) atoms. The molecule has 0 atom stereocenters. The molecular formula is C12H13N3O3. The molecule has 1 aromatic carbocycles. The largest absolute Gasteiger partial charge is 0.493 e. The number of hydrogen-bond donors (Lipinski definition) is 2. The second-order valence-electron chi connectivity index (χ2n) is 3.46. The zero-order chi connectivity index (χ0) is 13.0. The van der Waals surface area contributed by atoms with Gasteiger partial charge in [-0.05, 0) is 18.2 Å². The minimum atomic E-state index is -0.272. The second kappa shape index (κ2) is 5.22. The molecule has 0 spiro atoms. The number of anilines is 1. The third-order valence-electron chi connectivity index (χ3n) is 2.38. The maximum atomic E-state index is 11.9. The summed E-state index contributed by atoms with van der Waals surface area (Å²) in [5.74, 6) is 1.21. The Morgan fingerprint density at radius 2 is 2.06 bits per heavy atom. The van der Waals surface area contributed by atoms with Gasteiger partial charge in [0.2, 0.25) is 5.95 Å². The number of carbonyl (C=O) groups is 1. The molecule has 1 heterocycles. The van der Waals surface area contributed by atoms with E-state index in [9.17, 15) is 4.79 Å². The summed E-state index contributed by atoms with van der Waals surface area (Å²) < 4.78 is 10.2. The number of methoxy groups -OCH3 is 2. The van der Waals surface area contributed by atoms with E-state index < -0.39 is 0 Å². The lowest BCUT2D eigenvalue weighted by molar-refractivity contribution is 0.102. The Bertz CT molecular complexity index is 538. The van der Waals surface area contributed by atoms with Gasteiger partial charge in [0, 0.05) is 18.0 Å². The maximum Gasteiger partial charge on any atom is 0.258 e. The molecule has 1 amide bonds. The molecule has 94 valence electrons. The second-order valence-corrected chi connectivity index (χ2v) is 3.46. The number of nitrogens with one attached hydrogen (secondary N) is 2. The molecule has 6 heteroatoms. The van der Waals surface area contributed by atoms with Crippen LogP contribution in [0, 0.1) is 0 Å². The van der Waals surface area contributed by atoms with Gasteiger partial charge in [0.15, 0.2) is 11.5 Å². The predicted molar refractivity (Wildman–Crippen MR) is 66.1 cm³/mol. The topological polar surface area (TPSA) is 76.2 Å². The maximum absolute atomic E-state index is 11.9. The fourth-order valence-corrected chi connectivity index (χ4v) is 1.49. The van der Waals surface area contributed by atoms with E-state index in [2.05, 4.69) is 15.3 Å². The van der Waals surface area contributed by atoms with Crippen molar-refractivity contribution in [2.24, 2.45) is 0 Å². The minimum absolute atomic E-state index is 0.272. The van der Waals surface area contributed by atoms with Crippen LogP contribution in [0.25, 0.3) is 0 Å². The number of imidazole rings is 1. The molecule has 6 nitrogen and oxygen atoms in total. The number of carbonyl (C=O) groups excluding carboxylic acids is 1. The highest BCUT2D eigenvalue weighted by atomic mass is 16.5. The summed E-state index contributed by atoms with van der Waals surface area (Å²) in [6, 6.07) is 4.94. The van der Waals surface area contributed by atoms with E-state index in [-0.39, 0.29) is 5.91 Å². The van der Waals surface area contributed by atoms with Crippen molar-refractivity contribution in [3.8, 4) is 11.5 Å². The molecule has 0 aliphatic carbocycles. The normalized spacial score (nSPS) is 9.89. The average molecular weight is 247 g/mol. The van der Waals surface area contributed by atoms with Crippen LogP contribution in [0.15, 0.2) is 30.6 Å². The van der Waals surface area contributed by atoms with Crippen LogP contribution in [-0.4, -0.2) is 30.1 Å². The van der Waals surface area contributed by atoms with Crippen LogP contribution in [0.3, 0.4) is 0 Å². The zero-order valence-corrected chi connectivity index (χ0v) is 10.1. The Labute approximate surface area is 104 Å². The van der Waals surface area contributed by atoms with Crippen LogP contribution in [-0.2, 0) is 0 Å². The third kappa shape index (κ3) is 2.42. The highest BCUT2D eigenvalue weighted by Gasteiger charge is 2.11. The summed E-state index contributed by atoms with van der Waals surface area (Å²) in [5, 5.41) is 2.63. The highest BCUT2D eigenvalue weighted by molar-refractivity contribution is 6.03. The molecule has 2 rings (SSSR count). The minimum Gasteiger partial charge on any atom is -0.493 e. The molecule has 0 saturated carbocycles. The Morgan fingerprint density at radius 3 is 2.67 bits per heavy atom. The number of benzene rings is 1. The first-order chi connectivity index (χ1) is 8.74. The van der Waals surface area contributed by atoms with E-state index in [0.29, 0.717) is 23.0 Å². The first kappa shape index (κ1) is 12.0. The summed E-state index contributed by atoms with van der Waals surface area (Å²) in [5.41, 5.74) is 0.462. The SMILES string of the molecule is COc1ccc(C(=O)Nc2ncc[nH]2)cc1OC. The van der Waals surface area contributed by atoms with E-state index in [1.165, 1.54) is 7.11 Å². The van der Waals surface area contributed by atoms with Crippen molar-refractivity contribution >= 4 is 11.9 Å². The summed E-state index contributed by atoms with van der Waals surface area (Å²) in [4.78, 5) is 18.6. The van der Waals surface area contributed by atoms with E-state index in [0.717, 1.165) is 0 Å². The quantitative estimate of drug-likeness (QED) is 0.861. The van der Waals surface area contributed by atoms with Gasteiger partial charge < -0.3 is 14.5 Å². The van der Waals surface area contributed by atoms with Gasteiger partial charge in [-0.15, -0.1) is 0 Å². The van der Waals surface area contributed by atoms with Crippen molar-refractivity contribution in [3.05, 3.63) is 36.2 Å². The Morgan fingerprint density at radius 1 is 1.28 bits per heavy atom. The lowest BCUT2D eigenvalue weighted by atomic mass is 10.2. The lowest BCUT2D eigenvalue weighted by Crippen LogP contribution is -2.13. The van der Waals surface area contributed by atoms with Gasteiger partial charge >= 0.3 is 0 Å². The van der Waals surface area contributed by atoms with Gasteiger partial charge in [0.25, 0.3) is 5.91 Å². The van der Waals surface area contributed by atoms with E-state index in [4.69, 9.17) is 9.47 Å². The van der Waals surface area contributed by atoms with Gasteiger partial charge in [-0.3, -0.25) is 10.1 Å². The highest BCUT2D eigenvalue weighted by Crippen LogP contribution is 2.27. The smallest absolute Gasteiger partial charge is 0.258 e. The van der Waals surface area contributed by atoms with Crippen molar-refractivity contribution in [1.82, 2.24) is 9.97 Å². The molecule has 2 N–H and O–H groups in total. The average Bonchev–Trinajstić information content (AvgIpc) is 2.90. The van der Waals surface area contributed by atoms with Gasteiger partial charge in [-0.2, -0.15) is 0 Å². The first-order valence-electron chi connectivity index (χ1n) is 5.27. The molecule has 2 aromatic rings. The van der Waals surface area contributed by atoms with Gasteiger partial charge in [-0.1, -0.05) is 0 Å². The summed E-state index contributed by atoms with van der Waals surface area (Å²) >= 11 is 0. The number of H-pyrrole nitrogens is 1. The van der Waals surface area contributed by atoms with E-state index in [1.54, 1.807) is 37.7 Å². The number of aromatic amines is 1. The van der Waals surface area contributed by atoms with E-state index >= 15 is 0 Å². The number of amides is 1. The number of aromatic nitrogens is 2. The standard InChI is InChI=1S/C12H13N3O3/c1-17-9-4-3-8(7-10(9)18-2)11(16)15-12-13-5-6-14-12/h3-7H,1-2H3,(H2,13,14,15,16). The molecule has 0 aliphatic heterocycles. The molecule has 0 bridgehead atoms. The van der Waals surface area contributed by atoms with Crippen molar-refractivity contribution in [1.29, 1.82) is 0 Å². The molecule has 0 unspecified atom stereocenters. The Hall–Kier alpha value is -2.50. The molecule has 0 saturated heterocycles. The molecular weight excluding hydrogens is 234 g/mol. The fourth-order valence-electron chi connectivity index (χ4n) is 1.49. The molecule has 0 aliphatic rings. The first-order valence-corrected chi connectivity index (χ1v) is 5.27. The van der Waals surface area contributed by atoms with Crippen molar-refractivity contribution < 1.29 is 14.3 Å². The van der Waals surface area contributed by atoms with Gasteiger partial charge in [-0.25, -0.2) is 4.98 Å². The fraction of sp³-hybridized carbons (Fsp3) is 0.167. The van der Waals surface area contributed by atoms with Crippen LogP contribution in [0.2, 0.25) is 0 Å². The predicted octanol–water partition coefficient (Wildman–Crippen LogP) is 1.68. The van der Waals surface area contributed by atoms with Gasteiger partial charge in [0.1, 0.15) is 0 Å². The molecule has 1 aromatic heterocycles. The number of ether oxygens (including phenoxy) is 2. The van der Waals surface area contributed by atoms with Crippen LogP contribution in [0.5, 0.6) is 11.5 Å². The van der Waals surface area contributed by atoms with Crippen molar-refractivity contribution in [3.63, 3.8) is 0 Å². The lowest BCUT2D eigenvalue weighted by Gasteiger charge is -2.09. The summed E-state index contributed by atoms with van der Waals surface area (Å²) in [6.45, 7) is 0. The van der Waals surface area contributed by atoms with Gasteiger partial charge in [0.05, 0.1) is 14.2 Å². The van der Waals surface area contributed by atoms with Crippen LogP contribution in [0.1, 0.15) is 10.4 Å². The monoisotopic (exact) mass is 247 g/mol. The van der Waals surface area contributed by atoms with Crippen LogP contribution >= 0.6 is 0 Å². The van der Waals surface area contributed by atoms with Crippen LogP contribution in [0.4, 0.5) is 5.95 Å². The summed E-state index contributed by atoms with van der Waals surface area (Å²) in [7, 11) is 3.06. The Kier molecular flexibility index (Phi) is 3.47. The Balaban J connectivity index is 2.20. The van der Waals surface area contributed by atoms with Crippen molar-refractivity contribution in [2.75, 3.05) is 19.5 Å². The molecule has 0 fully saturated rings. The van der Waals surface area contributed by atoms with Crippen molar-refractivity contribution in [2.45, 2.75) is 0 Å². The number of rotatable bonds is 4. The number of hydrogen-bond acceptors (Lipinski definition) is 4. The van der Waals surface area contributed by atoms with Crippen LogP contribution < -0.4 is 14.8 Å². The summed E-state index contributed by atoms with van der Waals surface area (Å²) in [6.07, 6.45) is 3.19. The third-order valence-corrected chi connectivity index (χ3v) is 2.38. The van der Waals surface area contributed by atoms with E-state index in [1.807, 2.05) is 0 Å². The number of nitrogens with zero attached hydrogens (tertiary/aromatic N) is 1. The zero-order valence-electron chi connectivity index (χ0n) is 10.1.